The van der Waals surface area contributed by atoms with E-state index in [0.29, 0.717) is 32.7 Å². The summed E-state index contributed by atoms with van der Waals surface area (Å²) in [7, 11) is 0. The quantitative estimate of drug-likeness (QED) is 0.840. The molecule has 1 saturated heterocycles. The van der Waals surface area contributed by atoms with Crippen molar-refractivity contribution in [1.29, 1.82) is 0 Å². The largest absolute Gasteiger partial charge is 0.393 e. The maximum Gasteiger partial charge on any atom is 0.317 e. The van der Waals surface area contributed by atoms with Crippen LogP contribution in [0.1, 0.15) is 32.8 Å². The minimum absolute atomic E-state index is 0.0247. The third-order valence-electron chi connectivity index (χ3n) is 4.35. The van der Waals surface area contributed by atoms with Crippen molar-refractivity contribution in [3.8, 4) is 0 Å². The van der Waals surface area contributed by atoms with Gasteiger partial charge in [0, 0.05) is 13.1 Å². The van der Waals surface area contributed by atoms with Crippen molar-refractivity contribution in [2.75, 3.05) is 26.3 Å². The first kappa shape index (κ1) is 18.7. The summed E-state index contributed by atoms with van der Waals surface area (Å²) in [6.45, 7) is 8.29. The van der Waals surface area contributed by atoms with E-state index in [0.717, 1.165) is 6.42 Å². The van der Waals surface area contributed by atoms with Gasteiger partial charge in [-0.2, -0.15) is 0 Å². The van der Waals surface area contributed by atoms with Gasteiger partial charge < -0.3 is 20.1 Å². The Morgan fingerprint density at radius 2 is 2.12 bits per heavy atom. The SMILES string of the molecule is C[C@@H](O)C[C@H]1COCCN1C(=O)NCC(C)(C)Cc1ccccc1. The van der Waals surface area contributed by atoms with Crippen LogP contribution in [0.25, 0.3) is 0 Å². The number of carbonyl (C=O) groups is 1. The second-order valence-corrected chi connectivity index (χ2v) is 7.49. The molecule has 2 amide bonds. The molecule has 0 bridgehead atoms. The van der Waals surface area contributed by atoms with Crippen molar-refractivity contribution in [3.63, 3.8) is 0 Å². The van der Waals surface area contributed by atoms with Gasteiger partial charge in [-0.25, -0.2) is 4.79 Å². The van der Waals surface area contributed by atoms with Crippen molar-refractivity contribution < 1.29 is 14.6 Å². The number of morpholine rings is 1. The van der Waals surface area contributed by atoms with E-state index in [-0.39, 0.29) is 17.5 Å². The lowest BCUT2D eigenvalue weighted by molar-refractivity contribution is -0.00468. The number of urea groups is 1. The van der Waals surface area contributed by atoms with Crippen LogP contribution < -0.4 is 5.32 Å². The highest BCUT2D eigenvalue weighted by Gasteiger charge is 2.29. The molecule has 2 N–H and O–H groups in total. The van der Waals surface area contributed by atoms with E-state index in [1.165, 1.54) is 5.56 Å². The van der Waals surface area contributed by atoms with Crippen molar-refractivity contribution >= 4 is 6.03 Å². The number of aliphatic hydroxyl groups excluding tert-OH is 1. The first-order valence-corrected chi connectivity index (χ1v) is 8.71. The van der Waals surface area contributed by atoms with Crippen molar-refractivity contribution in [2.24, 2.45) is 5.41 Å². The monoisotopic (exact) mass is 334 g/mol. The summed E-state index contributed by atoms with van der Waals surface area (Å²) >= 11 is 0. The highest BCUT2D eigenvalue weighted by atomic mass is 16.5. The van der Waals surface area contributed by atoms with Crippen LogP contribution in [0, 0.1) is 5.41 Å². The standard InChI is InChI=1S/C19H30N2O3/c1-15(22)11-17-13-24-10-9-21(17)18(23)20-14-19(2,3)12-16-7-5-4-6-8-16/h4-8,15,17,22H,9-14H2,1-3H3,(H,20,23)/t15-,17+/m1/s1. The molecule has 5 heteroatoms. The normalized spacial score (nSPS) is 19.8. The van der Waals surface area contributed by atoms with Crippen LogP contribution in [0.2, 0.25) is 0 Å². The topological polar surface area (TPSA) is 61.8 Å². The number of amides is 2. The molecule has 134 valence electrons. The molecule has 0 saturated carbocycles. The number of aliphatic hydroxyl groups is 1. The number of nitrogens with zero attached hydrogens (tertiary/aromatic N) is 1. The summed E-state index contributed by atoms with van der Waals surface area (Å²) in [5, 5.41) is 12.7. The minimum Gasteiger partial charge on any atom is -0.393 e. The fourth-order valence-corrected chi connectivity index (χ4v) is 3.14. The Kier molecular flexibility index (Phi) is 6.63. The fraction of sp³-hybridized carbons (Fsp3) is 0.632. The zero-order valence-electron chi connectivity index (χ0n) is 15.0. The Morgan fingerprint density at radius 1 is 1.42 bits per heavy atom. The maximum atomic E-state index is 12.6. The molecule has 1 aliphatic heterocycles. The van der Waals surface area contributed by atoms with Gasteiger partial charge in [0.2, 0.25) is 0 Å². The van der Waals surface area contributed by atoms with E-state index in [9.17, 15) is 9.90 Å². The first-order chi connectivity index (χ1) is 11.4. The van der Waals surface area contributed by atoms with Gasteiger partial charge in [0.25, 0.3) is 0 Å². The van der Waals surface area contributed by atoms with Gasteiger partial charge in [0.1, 0.15) is 0 Å². The fourth-order valence-electron chi connectivity index (χ4n) is 3.14. The summed E-state index contributed by atoms with van der Waals surface area (Å²) in [6, 6.07) is 10.2. The average Bonchev–Trinajstić information content (AvgIpc) is 2.53. The zero-order chi connectivity index (χ0) is 17.6. The number of hydrogen-bond acceptors (Lipinski definition) is 3. The summed E-state index contributed by atoms with van der Waals surface area (Å²) < 4.78 is 5.46. The molecule has 1 aromatic rings. The van der Waals surface area contributed by atoms with Gasteiger partial charge in [-0.1, -0.05) is 44.2 Å². The summed E-state index contributed by atoms with van der Waals surface area (Å²) in [6.07, 6.45) is 1.01. The van der Waals surface area contributed by atoms with Crippen molar-refractivity contribution in [1.82, 2.24) is 10.2 Å². The highest BCUT2D eigenvalue weighted by molar-refractivity contribution is 5.74. The van der Waals surface area contributed by atoms with E-state index in [4.69, 9.17) is 4.74 Å². The predicted molar refractivity (Wildman–Crippen MR) is 94.9 cm³/mol. The Balaban J connectivity index is 1.88. The molecule has 2 atom stereocenters. The number of ether oxygens (including phenoxy) is 1. The molecule has 0 spiro atoms. The number of rotatable bonds is 6. The van der Waals surface area contributed by atoms with Crippen LogP contribution in [-0.4, -0.2) is 54.5 Å². The van der Waals surface area contributed by atoms with Gasteiger partial charge >= 0.3 is 6.03 Å². The van der Waals surface area contributed by atoms with Gasteiger partial charge in [-0.05, 0) is 30.7 Å². The molecule has 0 aliphatic carbocycles. The molecule has 24 heavy (non-hydrogen) atoms. The van der Waals surface area contributed by atoms with Crippen LogP contribution in [0.3, 0.4) is 0 Å². The lowest BCUT2D eigenvalue weighted by Gasteiger charge is -2.37. The van der Waals surface area contributed by atoms with Crippen molar-refractivity contribution in [3.05, 3.63) is 35.9 Å². The number of carbonyl (C=O) groups excluding carboxylic acids is 1. The van der Waals surface area contributed by atoms with E-state index >= 15 is 0 Å². The second kappa shape index (κ2) is 8.49. The predicted octanol–water partition coefficient (Wildman–Crippen LogP) is 2.44. The van der Waals surface area contributed by atoms with Crippen LogP contribution in [-0.2, 0) is 11.2 Å². The average molecular weight is 334 g/mol. The smallest absolute Gasteiger partial charge is 0.317 e. The lowest BCUT2D eigenvalue weighted by atomic mass is 9.86. The first-order valence-electron chi connectivity index (χ1n) is 8.71. The van der Waals surface area contributed by atoms with Crippen LogP contribution in [0.15, 0.2) is 30.3 Å². The molecule has 0 unspecified atom stereocenters. The third-order valence-corrected chi connectivity index (χ3v) is 4.35. The summed E-state index contributed by atoms with van der Waals surface area (Å²) in [4.78, 5) is 14.4. The van der Waals surface area contributed by atoms with Crippen LogP contribution in [0.4, 0.5) is 4.79 Å². The molecule has 1 aliphatic rings. The molecular weight excluding hydrogens is 304 g/mol. The van der Waals surface area contributed by atoms with Gasteiger partial charge in [0.05, 0.1) is 25.4 Å². The molecule has 0 aromatic heterocycles. The van der Waals surface area contributed by atoms with E-state index < -0.39 is 6.10 Å². The number of benzene rings is 1. The molecule has 2 rings (SSSR count). The van der Waals surface area contributed by atoms with E-state index in [1.54, 1.807) is 11.8 Å². The highest BCUT2D eigenvalue weighted by Crippen LogP contribution is 2.21. The van der Waals surface area contributed by atoms with Gasteiger partial charge in [-0.15, -0.1) is 0 Å². The van der Waals surface area contributed by atoms with Gasteiger partial charge in [-0.3, -0.25) is 0 Å². The molecular formula is C19H30N2O3. The maximum absolute atomic E-state index is 12.6. The van der Waals surface area contributed by atoms with E-state index in [2.05, 4.69) is 31.3 Å². The number of hydrogen-bond donors (Lipinski definition) is 2. The minimum atomic E-state index is -0.443. The van der Waals surface area contributed by atoms with Gasteiger partial charge in [0.15, 0.2) is 0 Å². The summed E-state index contributed by atoms with van der Waals surface area (Å²) in [5.41, 5.74) is 1.25. The number of nitrogens with one attached hydrogen (secondary N) is 1. The zero-order valence-corrected chi connectivity index (χ0v) is 15.0. The molecule has 1 heterocycles. The molecule has 1 fully saturated rings. The third kappa shape index (κ3) is 5.80. The van der Waals surface area contributed by atoms with Crippen LogP contribution in [0.5, 0.6) is 0 Å². The Bertz CT molecular complexity index is 517. The summed E-state index contributed by atoms with van der Waals surface area (Å²) in [5.74, 6) is 0. The Labute approximate surface area is 145 Å². The second-order valence-electron chi connectivity index (χ2n) is 7.49. The Morgan fingerprint density at radius 3 is 2.79 bits per heavy atom. The van der Waals surface area contributed by atoms with Crippen molar-refractivity contribution in [2.45, 2.75) is 45.8 Å². The molecule has 5 nitrogen and oxygen atoms in total. The molecule has 0 radical (unpaired) electrons. The Hall–Kier alpha value is -1.59. The lowest BCUT2D eigenvalue weighted by Crippen LogP contribution is -2.54. The van der Waals surface area contributed by atoms with Crippen LogP contribution >= 0.6 is 0 Å². The molecule has 1 aromatic carbocycles. The van der Waals surface area contributed by atoms with E-state index in [1.807, 2.05) is 18.2 Å².